The van der Waals surface area contributed by atoms with Crippen LogP contribution >= 0.6 is 15.9 Å². The molecule has 0 heterocycles. The SMILES string of the molecule is CCC(CC)(C(Cc1ccc(Br)cc1F)NC)N(C)C. The van der Waals surface area contributed by atoms with E-state index in [1.165, 1.54) is 6.07 Å². The van der Waals surface area contributed by atoms with E-state index in [9.17, 15) is 4.39 Å². The second-order valence-electron chi connectivity index (χ2n) is 5.49. The zero-order chi connectivity index (χ0) is 15.3. The fourth-order valence-corrected chi connectivity index (χ4v) is 3.49. The fourth-order valence-electron chi connectivity index (χ4n) is 3.15. The first-order valence-corrected chi connectivity index (χ1v) is 7.99. The van der Waals surface area contributed by atoms with Crippen LogP contribution in [0.4, 0.5) is 4.39 Å². The third-order valence-corrected chi connectivity index (χ3v) is 5.04. The molecule has 1 aromatic carbocycles. The van der Waals surface area contributed by atoms with Crippen LogP contribution in [0.1, 0.15) is 32.3 Å². The summed E-state index contributed by atoms with van der Waals surface area (Å²) < 4.78 is 14.9. The average molecular weight is 345 g/mol. The molecule has 4 heteroatoms. The van der Waals surface area contributed by atoms with E-state index in [0.29, 0.717) is 6.42 Å². The van der Waals surface area contributed by atoms with E-state index < -0.39 is 0 Å². The Morgan fingerprint density at radius 1 is 1.30 bits per heavy atom. The van der Waals surface area contributed by atoms with Crippen LogP contribution in [0.5, 0.6) is 0 Å². The maximum Gasteiger partial charge on any atom is 0.127 e. The number of benzene rings is 1. The maximum atomic E-state index is 14.1. The summed E-state index contributed by atoms with van der Waals surface area (Å²) >= 11 is 3.31. The van der Waals surface area contributed by atoms with Gasteiger partial charge >= 0.3 is 0 Å². The molecule has 1 N–H and O–H groups in total. The molecule has 0 saturated carbocycles. The van der Waals surface area contributed by atoms with Gasteiger partial charge in [-0.05, 0) is 58.1 Å². The fraction of sp³-hybridized carbons (Fsp3) is 0.625. The van der Waals surface area contributed by atoms with Crippen molar-refractivity contribution in [2.45, 2.75) is 44.7 Å². The number of rotatable bonds is 7. The van der Waals surface area contributed by atoms with Crippen molar-refractivity contribution in [3.8, 4) is 0 Å². The van der Waals surface area contributed by atoms with Crippen molar-refractivity contribution >= 4 is 15.9 Å². The Hall–Kier alpha value is -0.450. The lowest BCUT2D eigenvalue weighted by molar-refractivity contribution is 0.0914. The van der Waals surface area contributed by atoms with Gasteiger partial charge in [0.2, 0.25) is 0 Å². The zero-order valence-corrected chi connectivity index (χ0v) is 14.7. The van der Waals surface area contributed by atoms with Crippen LogP contribution in [0, 0.1) is 5.82 Å². The summed E-state index contributed by atoms with van der Waals surface area (Å²) in [6, 6.07) is 5.52. The number of likely N-dealkylation sites (N-methyl/N-ethyl adjacent to an activating group) is 2. The molecule has 20 heavy (non-hydrogen) atoms. The smallest absolute Gasteiger partial charge is 0.127 e. The van der Waals surface area contributed by atoms with Crippen LogP contribution in [-0.4, -0.2) is 37.6 Å². The molecule has 1 rings (SSSR count). The van der Waals surface area contributed by atoms with Crippen LogP contribution in [0.25, 0.3) is 0 Å². The van der Waals surface area contributed by atoms with Crippen molar-refractivity contribution in [1.82, 2.24) is 10.2 Å². The molecule has 0 bridgehead atoms. The largest absolute Gasteiger partial charge is 0.315 e. The molecule has 0 aliphatic heterocycles. The number of hydrogen-bond acceptors (Lipinski definition) is 2. The van der Waals surface area contributed by atoms with E-state index in [2.05, 4.69) is 54.1 Å². The van der Waals surface area contributed by atoms with Crippen molar-refractivity contribution in [2.75, 3.05) is 21.1 Å². The molecule has 114 valence electrons. The van der Waals surface area contributed by atoms with Gasteiger partial charge in [-0.3, -0.25) is 0 Å². The lowest BCUT2D eigenvalue weighted by atomic mass is 9.80. The van der Waals surface area contributed by atoms with Gasteiger partial charge in [0, 0.05) is 16.1 Å². The van der Waals surface area contributed by atoms with Gasteiger partial charge in [-0.2, -0.15) is 0 Å². The molecule has 0 spiro atoms. The van der Waals surface area contributed by atoms with Crippen molar-refractivity contribution in [3.63, 3.8) is 0 Å². The summed E-state index contributed by atoms with van der Waals surface area (Å²) in [7, 11) is 6.18. The third-order valence-electron chi connectivity index (χ3n) is 4.55. The number of nitrogens with zero attached hydrogens (tertiary/aromatic N) is 1. The molecule has 0 radical (unpaired) electrons. The Kier molecular flexibility index (Phi) is 6.62. The highest BCUT2D eigenvalue weighted by atomic mass is 79.9. The molecular formula is C16H26BrFN2. The van der Waals surface area contributed by atoms with Gasteiger partial charge in [0.05, 0.1) is 0 Å². The standard InChI is InChI=1S/C16H26BrFN2/c1-6-16(7-2,20(4)5)15(19-3)10-12-8-9-13(17)11-14(12)18/h8-9,11,15,19H,6-7,10H2,1-5H3. The van der Waals surface area contributed by atoms with Gasteiger partial charge < -0.3 is 10.2 Å². The Morgan fingerprint density at radius 2 is 1.90 bits per heavy atom. The van der Waals surface area contributed by atoms with E-state index in [1.54, 1.807) is 0 Å². The number of hydrogen-bond donors (Lipinski definition) is 1. The van der Waals surface area contributed by atoms with E-state index in [0.717, 1.165) is 22.9 Å². The molecule has 0 saturated heterocycles. The highest BCUT2D eigenvalue weighted by molar-refractivity contribution is 9.10. The van der Waals surface area contributed by atoms with Crippen molar-refractivity contribution in [2.24, 2.45) is 0 Å². The Bertz CT molecular complexity index is 430. The second-order valence-corrected chi connectivity index (χ2v) is 6.40. The normalized spacial score (nSPS) is 13.8. The van der Waals surface area contributed by atoms with E-state index in [1.807, 2.05) is 19.2 Å². The highest BCUT2D eigenvalue weighted by Crippen LogP contribution is 2.29. The van der Waals surface area contributed by atoms with Gasteiger partial charge in [-0.25, -0.2) is 4.39 Å². The van der Waals surface area contributed by atoms with Crippen LogP contribution < -0.4 is 5.32 Å². The van der Waals surface area contributed by atoms with Gasteiger partial charge in [0.25, 0.3) is 0 Å². The molecule has 0 fully saturated rings. The Balaban J connectivity index is 3.06. The zero-order valence-electron chi connectivity index (χ0n) is 13.1. The Morgan fingerprint density at radius 3 is 2.30 bits per heavy atom. The number of halogens is 2. The predicted octanol–water partition coefficient (Wildman–Crippen LogP) is 3.84. The van der Waals surface area contributed by atoms with Crippen molar-refractivity contribution in [3.05, 3.63) is 34.1 Å². The molecule has 1 atom stereocenters. The molecule has 0 aliphatic rings. The maximum absolute atomic E-state index is 14.1. The van der Waals surface area contributed by atoms with Gasteiger partial charge in [0.15, 0.2) is 0 Å². The van der Waals surface area contributed by atoms with Gasteiger partial charge in [0.1, 0.15) is 5.82 Å². The minimum absolute atomic E-state index is 0.0360. The lowest BCUT2D eigenvalue weighted by Gasteiger charge is -2.45. The summed E-state index contributed by atoms with van der Waals surface area (Å²) in [4.78, 5) is 2.27. The summed E-state index contributed by atoms with van der Waals surface area (Å²) in [6.45, 7) is 4.40. The van der Waals surface area contributed by atoms with Gasteiger partial charge in [-0.1, -0.05) is 35.8 Å². The minimum Gasteiger partial charge on any atom is -0.315 e. The van der Waals surface area contributed by atoms with E-state index in [-0.39, 0.29) is 17.4 Å². The third kappa shape index (κ3) is 3.60. The van der Waals surface area contributed by atoms with Crippen LogP contribution in [0.15, 0.2) is 22.7 Å². The van der Waals surface area contributed by atoms with Crippen LogP contribution in [-0.2, 0) is 6.42 Å². The minimum atomic E-state index is -0.139. The second kappa shape index (κ2) is 7.53. The van der Waals surface area contributed by atoms with Crippen LogP contribution in [0.3, 0.4) is 0 Å². The molecule has 1 unspecified atom stereocenters. The highest BCUT2D eigenvalue weighted by Gasteiger charge is 2.37. The molecular weight excluding hydrogens is 319 g/mol. The predicted molar refractivity (Wildman–Crippen MR) is 87.7 cm³/mol. The molecule has 0 aromatic heterocycles. The summed E-state index contributed by atoms with van der Waals surface area (Å²) in [5, 5.41) is 3.40. The van der Waals surface area contributed by atoms with E-state index >= 15 is 0 Å². The first kappa shape index (κ1) is 17.6. The lowest BCUT2D eigenvalue weighted by Crippen LogP contribution is -2.58. The summed E-state index contributed by atoms with van der Waals surface area (Å²) in [5.74, 6) is -0.139. The van der Waals surface area contributed by atoms with E-state index in [4.69, 9.17) is 0 Å². The van der Waals surface area contributed by atoms with Crippen molar-refractivity contribution in [1.29, 1.82) is 0 Å². The first-order valence-electron chi connectivity index (χ1n) is 7.19. The summed E-state index contributed by atoms with van der Waals surface area (Å²) in [5.41, 5.74) is 0.800. The van der Waals surface area contributed by atoms with Crippen molar-refractivity contribution < 1.29 is 4.39 Å². The quantitative estimate of drug-likeness (QED) is 0.808. The summed E-state index contributed by atoms with van der Waals surface area (Å²) in [6.07, 6.45) is 2.75. The topological polar surface area (TPSA) is 15.3 Å². The molecule has 2 nitrogen and oxygen atoms in total. The molecule has 1 aromatic rings. The Labute approximate surface area is 130 Å². The van der Waals surface area contributed by atoms with Crippen LogP contribution in [0.2, 0.25) is 0 Å². The number of nitrogens with one attached hydrogen (secondary N) is 1. The average Bonchev–Trinajstić information content (AvgIpc) is 2.41. The van der Waals surface area contributed by atoms with Gasteiger partial charge in [-0.15, -0.1) is 0 Å². The molecule has 0 aliphatic carbocycles. The molecule has 0 amide bonds. The first-order chi connectivity index (χ1) is 9.41. The monoisotopic (exact) mass is 344 g/mol.